The minimum Gasteiger partial charge on any atom is -0.450 e. The van der Waals surface area contributed by atoms with Crippen LogP contribution in [0.25, 0.3) is 0 Å². The fourth-order valence-electron chi connectivity index (χ4n) is 2.20. The zero-order valence-corrected chi connectivity index (χ0v) is 11.9. The highest BCUT2D eigenvalue weighted by Crippen LogP contribution is 2.14. The fourth-order valence-corrected chi connectivity index (χ4v) is 2.41. The second kappa shape index (κ2) is 6.78. The SMILES string of the molecule is CCOC(=O)N1CCN(Cc2cccc(Cl)c2)CC1. The van der Waals surface area contributed by atoms with Gasteiger partial charge in [-0.2, -0.15) is 0 Å². The molecule has 1 heterocycles. The van der Waals surface area contributed by atoms with E-state index in [9.17, 15) is 4.79 Å². The number of hydrogen-bond acceptors (Lipinski definition) is 3. The van der Waals surface area contributed by atoms with Crippen molar-refractivity contribution >= 4 is 17.7 Å². The van der Waals surface area contributed by atoms with Gasteiger partial charge in [-0.05, 0) is 24.6 Å². The van der Waals surface area contributed by atoms with Crippen LogP contribution in [0.15, 0.2) is 24.3 Å². The summed E-state index contributed by atoms with van der Waals surface area (Å²) >= 11 is 5.97. The fraction of sp³-hybridized carbons (Fsp3) is 0.500. The predicted molar refractivity (Wildman–Crippen MR) is 75.3 cm³/mol. The van der Waals surface area contributed by atoms with Gasteiger partial charge in [-0.25, -0.2) is 4.79 Å². The van der Waals surface area contributed by atoms with Crippen LogP contribution in [0, 0.1) is 0 Å². The highest BCUT2D eigenvalue weighted by Gasteiger charge is 2.21. The molecule has 0 bridgehead atoms. The molecule has 1 aliphatic heterocycles. The van der Waals surface area contributed by atoms with Gasteiger partial charge in [0, 0.05) is 37.7 Å². The van der Waals surface area contributed by atoms with Crippen molar-refractivity contribution in [3.8, 4) is 0 Å². The number of halogens is 1. The lowest BCUT2D eigenvalue weighted by atomic mass is 10.2. The molecule has 2 rings (SSSR count). The van der Waals surface area contributed by atoms with Crippen LogP contribution in [-0.4, -0.2) is 48.7 Å². The van der Waals surface area contributed by atoms with Gasteiger partial charge in [0.25, 0.3) is 0 Å². The average molecular weight is 283 g/mol. The normalized spacial score (nSPS) is 16.4. The molecule has 104 valence electrons. The second-order valence-electron chi connectivity index (χ2n) is 4.59. The van der Waals surface area contributed by atoms with Crippen LogP contribution in [-0.2, 0) is 11.3 Å². The number of ether oxygens (including phenoxy) is 1. The molecule has 4 nitrogen and oxygen atoms in total. The first-order valence-corrected chi connectivity index (χ1v) is 6.95. The van der Waals surface area contributed by atoms with E-state index in [-0.39, 0.29) is 6.09 Å². The zero-order chi connectivity index (χ0) is 13.7. The van der Waals surface area contributed by atoms with E-state index >= 15 is 0 Å². The monoisotopic (exact) mass is 282 g/mol. The second-order valence-corrected chi connectivity index (χ2v) is 5.03. The highest BCUT2D eigenvalue weighted by atomic mass is 35.5. The van der Waals surface area contributed by atoms with Crippen LogP contribution in [0.4, 0.5) is 4.79 Å². The van der Waals surface area contributed by atoms with E-state index < -0.39 is 0 Å². The van der Waals surface area contributed by atoms with Gasteiger partial charge in [-0.1, -0.05) is 23.7 Å². The molecule has 0 unspecified atom stereocenters. The summed E-state index contributed by atoms with van der Waals surface area (Å²) < 4.78 is 5.00. The van der Waals surface area contributed by atoms with Gasteiger partial charge in [-0.3, -0.25) is 4.90 Å². The maximum absolute atomic E-state index is 11.6. The van der Waals surface area contributed by atoms with Crippen LogP contribution in [0.1, 0.15) is 12.5 Å². The third-order valence-electron chi connectivity index (χ3n) is 3.19. The first kappa shape index (κ1) is 14.2. The lowest BCUT2D eigenvalue weighted by Crippen LogP contribution is -2.48. The van der Waals surface area contributed by atoms with E-state index in [1.54, 1.807) is 4.90 Å². The largest absolute Gasteiger partial charge is 0.450 e. The third-order valence-corrected chi connectivity index (χ3v) is 3.43. The number of carbonyl (C=O) groups is 1. The van der Waals surface area contributed by atoms with E-state index in [2.05, 4.69) is 11.0 Å². The average Bonchev–Trinajstić information content (AvgIpc) is 2.40. The van der Waals surface area contributed by atoms with Gasteiger partial charge in [0.05, 0.1) is 6.61 Å². The van der Waals surface area contributed by atoms with Crippen LogP contribution >= 0.6 is 11.6 Å². The third kappa shape index (κ3) is 4.11. The molecular formula is C14H19ClN2O2. The van der Waals surface area contributed by atoms with Gasteiger partial charge >= 0.3 is 6.09 Å². The van der Waals surface area contributed by atoms with Crippen molar-refractivity contribution in [2.45, 2.75) is 13.5 Å². The van der Waals surface area contributed by atoms with Crippen molar-refractivity contribution in [2.24, 2.45) is 0 Å². The number of benzene rings is 1. The first-order valence-electron chi connectivity index (χ1n) is 6.57. The lowest BCUT2D eigenvalue weighted by Gasteiger charge is -2.34. The van der Waals surface area contributed by atoms with E-state index in [0.717, 1.165) is 37.7 Å². The van der Waals surface area contributed by atoms with Crippen molar-refractivity contribution < 1.29 is 9.53 Å². The summed E-state index contributed by atoms with van der Waals surface area (Å²) in [6.45, 7) is 6.31. The Hall–Kier alpha value is -1.26. The molecule has 0 saturated carbocycles. The molecule has 1 amide bonds. The summed E-state index contributed by atoms with van der Waals surface area (Å²) in [6.07, 6.45) is -0.204. The van der Waals surface area contributed by atoms with Crippen molar-refractivity contribution in [3.63, 3.8) is 0 Å². The summed E-state index contributed by atoms with van der Waals surface area (Å²) in [5.74, 6) is 0. The van der Waals surface area contributed by atoms with Crippen molar-refractivity contribution in [3.05, 3.63) is 34.9 Å². The standard InChI is InChI=1S/C14H19ClN2O2/c1-2-19-14(18)17-8-6-16(7-9-17)11-12-4-3-5-13(15)10-12/h3-5,10H,2,6-9,11H2,1H3. The van der Waals surface area contributed by atoms with E-state index in [4.69, 9.17) is 16.3 Å². The lowest BCUT2D eigenvalue weighted by molar-refractivity contribution is 0.0778. The summed E-state index contributed by atoms with van der Waals surface area (Å²) in [5, 5.41) is 0.766. The molecule has 1 saturated heterocycles. The highest BCUT2D eigenvalue weighted by molar-refractivity contribution is 6.30. The summed E-state index contributed by atoms with van der Waals surface area (Å²) in [7, 11) is 0. The number of hydrogen-bond donors (Lipinski definition) is 0. The van der Waals surface area contributed by atoms with Crippen molar-refractivity contribution in [1.29, 1.82) is 0 Å². The molecule has 1 aliphatic rings. The Morgan fingerprint density at radius 1 is 1.32 bits per heavy atom. The van der Waals surface area contributed by atoms with Gasteiger partial charge in [0.1, 0.15) is 0 Å². The maximum Gasteiger partial charge on any atom is 0.409 e. The molecule has 5 heteroatoms. The van der Waals surface area contributed by atoms with E-state index in [0.29, 0.717) is 6.61 Å². The Balaban J connectivity index is 1.82. The summed E-state index contributed by atoms with van der Waals surface area (Å²) in [5.41, 5.74) is 1.21. The number of rotatable bonds is 3. The number of carbonyl (C=O) groups excluding carboxylic acids is 1. The van der Waals surface area contributed by atoms with Crippen molar-refractivity contribution in [2.75, 3.05) is 32.8 Å². The van der Waals surface area contributed by atoms with Crippen LogP contribution < -0.4 is 0 Å². The molecule has 0 radical (unpaired) electrons. The van der Waals surface area contributed by atoms with Crippen molar-refractivity contribution in [1.82, 2.24) is 9.80 Å². The molecule has 0 aromatic heterocycles. The van der Waals surface area contributed by atoms with Gasteiger partial charge in [-0.15, -0.1) is 0 Å². The van der Waals surface area contributed by atoms with Crippen LogP contribution in [0.3, 0.4) is 0 Å². The first-order chi connectivity index (χ1) is 9.19. The minimum atomic E-state index is -0.204. The predicted octanol–water partition coefficient (Wildman–Crippen LogP) is 2.61. The van der Waals surface area contributed by atoms with Gasteiger partial charge < -0.3 is 9.64 Å². The smallest absolute Gasteiger partial charge is 0.409 e. The maximum atomic E-state index is 11.6. The molecule has 0 atom stereocenters. The number of amides is 1. The molecular weight excluding hydrogens is 264 g/mol. The number of piperazine rings is 1. The van der Waals surface area contributed by atoms with Gasteiger partial charge in [0.2, 0.25) is 0 Å². The molecule has 1 fully saturated rings. The molecule has 19 heavy (non-hydrogen) atoms. The molecule has 0 spiro atoms. The van der Waals surface area contributed by atoms with E-state index in [1.807, 2.05) is 25.1 Å². The molecule has 0 aliphatic carbocycles. The molecule has 0 N–H and O–H groups in total. The Morgan fingerprint density at radius 3 is 2.68 bits per heavy atom. The quantitative estimate of drug-likeness (QED) is 0.854. The minimum absolute atomic E-state index is 0.204. The summed E-state index contributed by atoms with van der Waals surface area (Å²) in [4.78, 5) is 15.7. The van der Waals surface area contributed by atoms with Crippen LogP contribution in [0.2, 0.25) is 5.02 Å². The topological polar surface area (TPSA) is 32.8 Å². The Kier molecular flexibility index (Phi) is 5.05. The zero-order valence-electron chi connectivity index (χ0n) is 11.1. The Bertz CT molecular complexity index is 431. The van der Waals surface area contributed by atoms with E-state index in [1.165, 1.54) is 5.56 Å². The van der Waals surface area contributed by atoms with Gasteiger partial charge in [0.15, 0.2) is 0 Å². The Labute approximate surface area is 118 Å². The van der Waals surface area contributed by atoms with Crippen LogP contribution in [0.5, 0.6) is 0 Å². The molecule has 1 aromatic carbocycles. The molecule has 1 aromatic rings. The summed E-state index contributed by atoms with van der Waals surface area (Å²) in [6, 6.07) is 7.90. The number of nitrogens with zero attached hydrogens (tertiary/aromatic N) is 2. The Morgan fingerprint density at radius 2 is 2.05 bits per heavy atom.